The van der Waals surface area contributed by atoms with E-state index < -0.39 is 0 Å². The molecule has 4 rings (SSSR count). The van der Waals surface area contributed by atoms with Gasteiger partial charge in [0.25, 0.3) is 0 Å². The van der Waals surface area contributed by atoms with Gasteiger partial charge in [-0.05, 0) is 41.5 Å². The molecule has 0 N–H and O–H groups in total. The highest BCUT2D eigenvalue weighted by molar-refractivity contribution is 5.82. The van der Waals surface area contributed by atoms with Crippen LogP contribution in [0, 0.1) is 5.82 Å². The average Bonchev–Trinajstić information content (AvgIpc) is 2.74. The van der Waals surface area contributed by atoms with E-state index in [1.807, 2.05) is 35.2 Å². The average molecular weight is 393 g/mol. The van der Waals surface area contributed by atoms with Gasteiger partial charge in [0.05, 0.1) is 12.5 Å². The second-order valence-corrected chi connectivity index (χ2v) is 7.44. The summed E-state index contributed by atoms with van der Waals surface area (Å²) in [5, 5.41) is 0. The van der Waals surface area contributed by atoms with Crippen molar-refractivity contribution in [3.8, 4) is 0 Å². The van der Waals surface area contributed by atoms with Gasteiger partial charge in [0.1, 0.15) is 5.82 Å². The summed E-state index contributed by atoms with van der Waals surface area (Å²) < 4.78 is 13.1. The topological polar surface area (TPSA) is 43.9 Å². The summed E-state index contributed by atoms with van der Waals surface area (Å²) >= 11 is 0. The van der Waals surface area contributed by atoms with Crippen molar-refractivity contribution in [2.45, 2.75) is 19.4 Å². The second-order valence-electron chi connectivity index (χ2n) is 7.44. The number of benzene rings is 2. The molecule has 29 heavy (non-hydrogen) atoms. The summed E-state index contributed by atoms with van der Waals surface area (Å²) in [6, 6.07) is 14.0. The third kappa shape index (κ3) is 4.01. The quantitative estimate of drug-likeness (QED) is 0.802. The molecule has 2 amide bonds. The van der Waals surface area contributed by atoms with E-state index in [0.29, 0.717) is 26.2 Å². The van der Waals surface area contributed by atoms with Crippen LogP contribution in [0.25, 0.3) is 6.08 Å². The van der Waals surface area contributed by atoms with E-state index >= 15 is 0 Å². The first-order valence-electron chi connectivity index (χ1n) is 9.87. The van der Waals surface area contributed by atoms with Gasteiger partial charge in [-0.25, -0.2) is 4.39 Å². The Bertz CT molecular complexity index is 933. The van der Waals surface area contributed by atoms with Crippen molar-refractivity contribution in [1.82, 2.24) is 9.80 Å². The number of piperazine rings is 1. The number of hydrogen-bond donors (Lipinski definition) is 0. The fourth-order valence-electron chi connectivity index (χ4n) is 4.07. The van der Waals surface area contributed by atoms with Gasteiger partial charge < -0.3 is 14.7 Å². The lowest BCUT2D eigenvalue weighted by atomic mass is 9.93. The van der Waals surface area contributed by atoms with Crippen molar-refractivity contribution in [3.05, 3.63) is 71.7 Å². The molecule has 5 nitrogen and oxygen atoms in total. The number of carbonyl (C=O) groups is 2. The van der Waals surface area contributed by atoms with Crippen LogP contribution in [-0.2, 0) is 9.59 Å². The molecule has 1 fully saturated rings. The van der Waals surface area contributed by atoms with Gasteiger partial charge in [0.15, 0.2) is 0 Å². The predicted octanol–water partition coefficient (Wildman–Crippen LogP) is 3.44. The molecule has 0 saturated carbocycles. The Labute approximate surface area is 170 Å². The number of halogens is 1. The van der Waals surface area contributed by atoms with Gasteiger partial charge in [0, 0.05) is 45.0 Å². The third-order valence-electron chi connectivity index (χ3n) is 5.66. The van der Waals surface area contributed by atoms with Crippen molar-refractivity contribution in [2.75, 3.05) is 31.1 Å². The third-order valence-corrected chi connectivity index (χ3v) is 5.66. The van der Waals surface area contributed by atoms with E-state index in [0.717, 1.165) is 16.8 Å². The van der Waals surface area contributed by atoms with E-state index in [4.69, 9.17) is 0 Å². The van der Waals surface area contributed by atoms with Crippen LogP contribution in [0.3, 0.4) is 0 Å². The largest absolute Gasteiger partial charge is 0.368 e. The molecule has 0 aromatic heterocycles. The second kappa shape index (κ2) is 8.07. The molecular formula is C23H24FN3O2. The number of nitrogens with zero attached hydrogens (tertiary/aromatic N) is 3. The first-order valence-corrected chi connectivity index (χ1v) is 9.87. The molecule has 0 radical (unpaired) electrons. The lowest BCUT2D eigenvalue weighted by Crippen LogP contribution is -2.49. The Hall–Kier alpha value is -3.15. The standard InChI is InChI=1S/C23H24FN3O2/c1-17(28)27-11-10-18-4-2-3-5-21(18)22(27)16-23(29)26-14-12-25(13-15-26)20-8-6-19(24)7-9-20/h2-11,22H,12-16H2,1H3/t22-/m0/s1. The molecule has 0 bridgehead atoms. The molecule has 6 heteroatoms. The number of fused-ring (bicyclic) bond motifs is 1. The van der Waals surface area contributed by atoms with Crippen molar-refractivity contribution in [1.29, 1.82) is 0 Å². The summed E-state index contributed by atoms with van der Waals surface area (Å²) in [6.45, 7) is 4.15. The number of hydrogen-bond acceptors (Lipinski definition) is 3. The van der Waals surface area contributed by atoms with E-state index in [2.05, 4.69) is 4.90 Å². The fourth-order valence-corrected chi connectivity index (χ4v) is 4.07. The Morgan fingerprint density at radius 2 is 1.69 bits per heavy atom. The van der Waals surface area contributed by atoms with Gasteiger partial charge >= 0.3 is 0 Å². The van der Waals surface area contributed by atoms with Crippen LogP contribution in [0.4, 0.5) is 10.1 Å². The van der Waals surface area contributed by atoms with E-state index in [1.54, 1.807) is 23.2 Å². The summed E-state index contributed by atoms with van der Waals surface area (Å²) in [5.74, 6) is -0.279. The lowest BCUT2D eigenvalue weighted by molar-refractivity contribution is -0.134. The lowest BCUT2D eigenvalue weighted by Gasteiger charge is -2.38. The molecule has 2 heterocycles. The number of rotatable bonds is 3. The first kappa shape index (κ1) is 19.2. The van der Waals surface area contributed by atoms with Crippen LogP contribution >= 0.6 is 0 Å². The van der Waals surface area contributed by atoms with Crippen molar-refractivity contribution < 1.29 is 14.0 Å². The molecule has 150 valence electrons. The highest BCUT2D eigenvalue weighted by atomic mass is 19.1. The predicted molar refractivity (Wildman–Crippen MR) is 111 cm³/mol. The minimum absolute atomic E-state index is 0.0464. The molecule has 0 unspecified atom stereocenters. The summed E-state index contributed by atoms with van der Waals surface area (Å²) in [7, 11) is 0. The normalized spacial score (nSPS) is 18.6. The van der Waals surface area contributed by atoms with Crippen molar-refractivity contribution in [2.24, 2.45) is 0 Å². The number of amides is 2. The molecule has 0 aliphatic carbocycles. The number of carbonyl (C=O) groups excluding carboxylic acids is 2. The van der Waals surface area contributed by atoms with Crippen LogP contribution in [0.2, 0.25) is 0 Å². The van der Waals surface area contributed by atoms with Crippen LogP contribution in [0.15, 0.2) is 54.7 Å². The van der Waals surface area contributed by atoms with E-state index in [9.17, 15) is 14.0 Å². The molecule has 0 spiro atoms. The van der Waals surface area contributed by atoms with Gasteiger partial charge in [0.2, 0.25) is 11.8 Å². The van der Waals surface area contributed by atoms with E-state index in [-0.39, 0.29) is 30.1 Å². The summed E-state index contributed by atoms with van der Waals surface area (Å²) in [4.78, 5) is 30.8. The zero-order valence-corrected chi connectivity index (χ0v) is 16.4. The van der Waals surface area contributed by atoms with Crippen molar-refractivity contribution in [3.63, 3.8) is 0 Å². The molecule has 1 saturated heterocycles. The van der Waals surface area contributed by atoms with Gasteiger partial charge in [-0.1, -0.05) is 24.3 Å². The Morgan fingerprint density at radius 3 is 2.38 bits per heavy atom. The Morgan fingerprint density at radius 1 is 1.00 bits per heavy atom. The minimum atomic E-state index is -0.281. The van der Waals surface area contributed by atoms with Crippen LogP contribution in [-0.4, -0.2) is 47.8 Å². The van der Waals surface area contributed by atoms with E-state index in [1.165, 1.54) is 19.1 Å². The zero-order chi connectivity index (χ0) is 20.4. The molecule has 1 atom stereocenters. The Balaban J connectivity index is 1.43. The van der Waals surface area contributed by atoms with Gasteiger partial charge in [-0.2, -0.15) is 0 Å². The summed E-state index contributed by atoms with van der Waals surface area (Å²) in [5.41, 5.74) is 3.01. The highest BCUT2D eigenvalue weighted by Crippen LogP contribution is 2.33. The maximum atomic E-state index is 13.1. The van der Waals surface area contributed by atoms with Crippen LogP contribution in [0.5, 0.6) is 0 Å². The van der Waals surface area contributed by atoms with Crippen molar-refractivity contribution >= 4 is 23.6 Å². The Kier molecular flexibility index (Phi) is 5.34. The van der Waals surface area contributed by atoms with Crippen LogP contribution in [0.1, 0.15) is 30.5 Å². The molecule has 2 aliphatic rings. The summed E-state index contributed by atoms with van der Waals surface area (Å²) in [6.07, 6.45) is 3.95. The monoisotopic (exact) mass is 393 g/mol. The fraction of sp³-hybridized carbons (Fsp3) is 0.304. The zero-order valence-electron chi connectivity index (χ0n) is 16.4. The highest BCUT2D eigenvalue weighted by Gasteiger charge is 2.31. The first-order chi connectivity index (χ1) is 14.0. The maximum Gasteiger partial charge on any atom is 0.225 e. The minimum Gasteiger partial charge on any atom is -0.368 e. The number of anilines is 1. The van der Waals surface area contributed by atoms with Gasteiger partial charge in [-0.15, -0.1) is 0 Å². The molecule has 2 aromatic rings. The molecular weight excluding hydrogens is 369 g/mol. The SMILES string of the molecule is CC(=O)N1C=Cc2ccccc2[C@@H]1CC(=O)N1CCN(c2ccc(F)cc2)CC1. The molecule has 2 aliphatic heterocycles. The van der Waals surface area contributed by atoms with Crippen LogP contribution < -0.4 is 4.90 Å². The maximum absolute atomic E-state index is 13.1. The molecule has 2 aromatic carbocycles. The van der Waals surface area contributed by atoms with Gasteiger partial charge in [-0.3, -0.25) is 9.59 Å². The smallest absolute Gasteiger partial charge is 0.225 e.